The molecule has 0 bridgehead atoms. The Morgan fingerprint density at radius 3 is 2.00 bits per heavy atom. The van der Waals surface area contributed by atoms with Crippen molar-refractivity contribution in [3.8, 4) is 0 Å². The first-order chi connectivity index (χ1) is 6.39. The quantitative estimate of drug-likeness (QED) is 0.713. The molecule has 1 atom stereocenters. The first kappa shape index (κ1) is 12.0. The summed E-state index contributed by atoms with van der Waals surface area (Å²) in [7, 11) is 0. The molecule has 0 amide bonds. The molecular formula is C13H27N. The molecule has 0 saturated heterocycles. The summed E-state index contributed by atoms with van der Waals surface area (Å²) in [4.78, 5) is 0. The van der Waals surface area contributed by atoms with Gasteiger partial charge in [-0.1, -0.05) is 27.7 Å². The molecule has 0 radical (unpaired) electrons. The Morgan fingerprint density at radius 1 is 1.07 bits per heavy atom. The van der Waals surface area contributed by atoms with Gasteiger partial charge in [-0.05, 0) is 43.9 Å². The van der Waals surface area contributed by atoms with Crippen molar-refractivity contribution in [1.82, 2.24) is 5.32 Å². The van der Waals surface area contributed by atoms with Crippen LogP contribution in [0.1, 0.15) is 60.3 Å². The van der Waals surface area contributed by atoms with Crippen LogP contribution in [0.5, 0.6) is 0 Å². The molecule has 1 nitrogen and oxygen atoms in total. The third-order valence-corrected chi connectivity index (χ3v) is 3.80. The minimum Gasteiger partial charge on any atom is -0.311 e. The van der Waals surface area contributed by atoms with Gasteiger partial charge in [0.15, 0.2) is 0 Å². The first-order valence-electron chi connectivity index (χ1n) is 6.15. The van der Waals surface area contributed by atoms with Gasteiger partial charge in [-0.25, -0.2) is 0 Å². The van der Waals surface area contributed by atoms with Crippen LogP contribution >= 0.6 is 0 Å². The minimum atomic E-state index is 0.392. The summed E-state index contributed by atoms with van der Waals surface area (Å²) in [5.41, 5.74) is 0.392. The van der Waals surface area contributed by atoms with E-state index >= 15 is 0 Å². The Labute approximate surface area is 89.7 Å². The summed E-state index contributed by atoms with van der Waals surface area (Å²) in [5, 5.41) is 3.78. The molecule has 1 N–H and O–H groups in total. The Bertz CT molecular complexity index is 161. The van der Waals surface area contributed by atoms with Crippen LogP contribution in [-0.2, 0) is 0 Å². The van der Waals surface area contributed by atoms with Gasteiger partial charge < -0.3 is 5.32 Å². The van der Waals surface area contributed by atoms with E-state index in [2.05, 4.69) is 39.9 Å². The smallest absolute Gasteiger partial charge is 0.00898 e. The zero-order valence-corrected chi connectivity index (χ0v) is 10.6. The molecule has 14 heavy (non-hydrogen) atoms. The van der Waals surface area contributed by atoms with Gasteiger partial charge in [-0.2, -0.15) is 0 Å². The maximum atomic E-state index is 3.78. The number of hydrogen-bond donors (Lipinski definition) is 1. The molecule has 0 aromatic rings. The lowest BCUT2D eigenvalue weighted by Gasteiger charge is -2.35. The lowest BCUT2D eigenvalue weighted by molar-refractivity contribution is 0.222. The predicted octanol–water partition coefficient (Wildman–Crippen LogP) is 3.59. The Balaban J connectivity index is 2.31. The summed E-state index contributed by atoms with van der Waals surface area (Å²) in [6.45, 7) is 11.6. The van der Waals surface area contributed by atoms with Crippen LogP contribution in [-0.4, -0.2) is 12.1 Å². The Morgan fingerprint density at radius 2 is 1.57 bits per heavy atom. The summed E-state index contributed by atoms with van der Waals surface area (Å²) >= 11 is 0. The van der Waals surface area contributed by atoms with Crippen molar-refractivity contribution in [1.29, 1.82) is 0 Å². The van der Waals surface area contributed by atoms with E-state index in [1.54, 1.807) is 0 Å². The highest BCUT2D eigenvalue weighted by Crippen LogP contribution is 2.26. The van der Waals surface area contributed by atoms with E-state index in [1.807, 2.05) is 0 Å². The molecule has 1 rings (SSSR count). The highest BCUT2D eigenvalue weighted by atomic mass is 15.0. The van der Waals surface area contributed by atoms with Crippen LogP contribution in [0, 0.1) is 11.3 Å². The molecule has 0 heterocycles. The van der Waals surface area contributed by atoms with Crippen molar-refractivity contribution in [3.05, 3.63) is 0 Å². The second-order valence-electron chi connectivity index (χ2n) is 6.21. The van der Waals surface area contributed by atoms with Gasteiger partial charge in [0.1, 0.15) is 0 Å². The fraction of sp³-hybridized carbons (Fsp3) is 1.00. The van der Waals surface area contributed by atoms with E-state index in [0.29, 0.717) is 11.5 Å². The molecule has 0 aromatic heterocycles. The first-order valence-corrected chi connectivity index (χ1v) is 6.15. The molecule has 84 valence electrons. The van der Waals surface area contributed by atoms with Gasteiger partial charge in [-0.3, -0.25) is 0 Å². The highest BCUT2D eigenvalue weighted by Gasteiger charge is 2.24. The average Bonchev–Trinajstić information content (AvgIpc) is 2.07. The van der Waals surface area contributed by atoms with E-state index in [9.17, 15) is 0 Å². The van der Waals surface area contributed by atoms with Crippen molar-refractivity contribution in [2.75, 3.05) is 0 Å². The molecule has 0 spiro atoms. The lowest BCUT2D eigenvalue weighted by atomic mass is 9.84. The fourth-order valence-electron chi connectivity index (χ4n) is 2.03. The molecule has 1 saturated carbocycles. The summed E-state index contributed by atoms with van der Waals surface area (Å²) in [6, 6.07) is 1.40. The van der Waals surface area contributed by atoms with Crippen LogP contribution in [0.15, 0.2) is 0 Å². The van der Waals surface area contributed by atoms with E-state index in [-0.39, 0.29) is 0 Å². The van der Waals surface area contributed by atoms with Crippen LogP contribution < -0.4 is 5.32 Å². The number of rotatable bonds is 2. The molecule has 1 aliphatic rings. The largest absolute Gasteiger partial charge is 0.311 e. The van der Waals surface area contributed by atoms with Gasteiger partial charge in [-0.15, -0.1) is 0 Å². The van der Waals surface area contributed by atoms with Crippen molar-refractivity contribution in [2.24, 2.45) is 11.3 Å². The summed E-state index contributed by atoms with van der Waals surface area (Å²) in [6.07, 6.45) is 5.58. The normalized spacial score (nSPS) is 31.5. The van der Waals surface area contributed by atoms with Gasteiger partial charge in [0, 0.05) is 12.1 Å². The SMILES string of the molecule is CC1CCC(NC(C)C(C)(C)C)CC1. The number of hydrogen-bond acceptors (Lipinski definition) is 1. The molecule has 1 heteroatoms. The highest BCUT2D eigenvalue weighted by molar-refractivity contribution is 4.82. The van der Waals surface area contributed by atoms with E-state index in [4.69, 9.17) is 0 Å². The predicted molar refractivity (Wildman–Crippen MR) is 63.5 cm³/mol. The van der Waals surface area contributed by atoms with E-state index in [1.165, 1.54) is 25.7 Å². The van der Waals surface area contributed by atoms with E-state index in [0.717, 1.165) is 12.0 Å². The average molecular weight is 197 g/mol. The Hall–Kier alpha value is -0.0400. The molecule has 1 fully saturated rings. The van der Waals surface area contributed by atoms with E-state index < -0.39 is 0 Å². The molecule has 0 aliphatic heterocycles. The standard InChI is InChI=1S/C13H27N/c1-10-6-8-12(9-7-10)14-11(2)13(3,4)5/h10-12,14H,6-9H2,1-5H3. The van der Waals surface area contributed by atoms with Gasteiger partial charge in [0.05, 0.1) is 0 Å². The van der Waals surface area contributed by atoms with Crippen molar-refractivity contribution in [3.63, 3.8) is 0 Å². The fourth-order valence-corrected chi connectivity index (χ4v) is 2.03. The molecule has 0 aromatic carbocycles. The Kier molecular flexibility index (Phi) is 4.00. The summed E-state index contributed by atoms with van der Waals surface area (Å²) in [5.74, 6) is 0.956. The molecule has 1 unspecified atom stereocenters. The molecular weight excluding hydrogens is 170 g/mol. The molecule has 1 aliphatic carbocycles. The van der Waals surface area contributed by atoms with Gasteiger partial charge >= 0.3 is 0 Å². The number of nitrogens with one attached hydrogen (secondary N) is 1. The summed E-state index contributed by atoms with van der Waals surface area (Å²) < 4.78 is 0. The zero-order valence-electron chi connectivity index (χ0n) is 10.6. The van der Waals surface area contributed by atoms with Crippen LogP contribution in [0.4, 0.5) is 0 Å². The third-order valence-electron chi connectivity index (χ3n) is 3.80. The van der Waals surface area contributed by atoms with Crippen molar-refractivity contribution >= 4 is 0 Å². The van der Waals surface area contributed by atoms with Gasteiger partial charge in [0.25, 0.3) is 0 Å². The third kappa shape index (κ3) is 3.61. The van der Waals surface area contributed by atoms with Gasteiger partial charge in [0.2, 0.25) is 0 Å². The van der Waals surface area contributed by atoms with Crippen molar-refractivity contribution < 1.29 is 0 Å². The van der Waals surface area contributed by atoms with Crippen LogP contribution in [0.25, 0.3) is 0 Å². The maximum Gasteiger partial charge on any atom is 0.00898 e. The lowest BCUT2D eigenvalue weighted by Crippen LogP contribution is -2.45. The second kappa shape index (κ2) is 4.65. The zero-order chi connectivity index (χ0) is 10.8. The second-order valence-corrected chi connectivity index (χ2v) is 6.21. The van der Waals surface area contributed by atoms with Crippen molar-refractivity contribution in [2.45, 2.75) is 72.4 Å². The van der Waals surface area contributed by atoms with Crippen LogP contribution in [0.2, 0.25) is 0 Å². The van der Waals surface area contributed by atoms with Crippen LogP contribution in [0.3, 0.4) is 0 Å². The maximum absolute atomic E-state index is 3.78. The minimum absolute atomic E-state index is 0.392. The topological polar surface area (TPSA) is 12.0 Å². The monoisotopic (exact) mass is 197 g/mol.